The van der Waals surface area contributed by atoms with Gasteiger partial charge < -0.3 is 9.73 Å². The molecule has 0 radical (unpaired) electrons. The number of fused-ring (bicyclic) bond motifs is 3. The summed E-state index contributed by atoms with van der Waals surface area (Å²) in [5, 5.41) is 3.63. The smallest absolute Gasteiger partial charge is 0.200 e. The standard InChI is InChI=1S/C13H12ClFN2O/c14-8-4-11-12(5-9(8)15)18-13(17-11)7-3-6-1-2-10(7)16-6/h4-7,10,16H,1-3H2. The molecule has 0 amide bonds. The topological polar surface area (TPSA) is 38.1 Å². The summed E-state index contributed by atoms with van der Waals surface area (Å²) < 4.78 is 19.0. The van der Waals surface area contributed by atoms with Gasteiger partial charge in [-0.15, -0.1) is 0 Å². The first kappa shape index (κ1) is 10.8. The Morgan fingerprint density at radius 1 is 1.39 bits per heavy atom. The fraction of sp³-hybridized carbons (Fsp3) is 0.462. The molecule has 94 valence electrons. The summed E-state index contributed by atoms with van der Waals surface area (Å²) in [5.41, 5.74) is 1.12. The Labute approximate surface area is 108 Å². The van der Waals surface area contributed by atoms with Crippen LogP contribution in [0, 0.1) is 5.82 Å². The van der Waals surface area contributed by atoms with Crippen LogP contribution >= 0.6 is 11.6 Å². The lowest BCUT2D eigenvalue weighted by molar-refractivity contribution is 0.407. The quantitative estimate of drug-likeness (QED) is 0.861. The lowest BCUT2D eigenvalue weighted by Gasteiger charge is -2.15. The number of oxazole rings is 1. The maximum atomic E-state index is 13.4. The highest BCUT2D eigenvalue weighted by Crippen LogP contribution is 2.40. The Bertz CT molecular complexity index is 588. The van der Waals surface area contributed by atoms with Crippen molar-refractivity contribution in [2.45, 2.75) is 37.3 Å². The zero-order valence-corrected chi connectivity index (χ0v) is 10.4. The molecule has 4 rings (SSSR count). The first-order valence-electron chi connectivity index (χ1n) is 6.22. The van der Waals surface area contributed by atoms with Crippen molar-refractivity contribution < 1.29 is 8.81 Å². The van der Waals surface area contributed by atoms with E-state index in [2.05, 4.69) is 10.3 Å². The van der Waals surface area contributed by atoms with Crippen molar-refractivity contribution in [2.75, 3.05) is 0 Å². The molecule has 1 aromatic heterocycles. The average molecular weight is 267 g/mol. The Kier molecular flexibility index (Phi) is 2.20. The number of aromatic nitrogens is 1. The molecule has 1 aromatic carbocycles. The minimum atomic E-state index is -0.460. The molecule has 2 bridgehead atoms. The van der Waals surface area contributed by atoms with E-state index in [1.165, 1.54) is 25.0 Å². The zero-order chi connectivity index (χ0) is 12.3. The monoisotopic (exact) mass is 266 g/mol. The molecule has 0 spiro atoms. The van der Waals surface area contributed by atoms with Gasteiger partial charge in [-0.25, -0.2) is 9.37 Å². The molecule has 1 N–H and O–H groups in total. The zero-order valence-electron chi connectivity index (χ0n) is 9.62. The highest BCUT2D eigenvalue weighted by atomic mass is 35.5. The molecule has 0 aliphatic carbocycles. The van der Waals surface area contributed by atoms with Crippen molar-refractivity contribution in [3.63, 3.8) is 0 Å². The normalized spacial score (nSPS) is 30.4. The largest absolute Gasteiger partial charge is 0.440 e. The molecule has 3 atom stereocenters. The number of hydrogen-bond acceptors (Lipinski definition) is 3. The van der Waals surface area contributed by atoms with Gasteiger partial charge in [0.25, 0.3) is 0 Å². The van der Waals surface area contributed by atoms with Gasteiger partial charge in [-0.05, 0) is 25.3 Å². The van der Waals surface area contributed by atoms with Gasteiger partial charge in [-0.3, -0.25) is 0 Å². The van der Waals surface area contributed by atoms with E-state index in [4.69, 9.17) is 16.0 Å². The minimum Gasteiger partial charge on any atom is -0.440 e. The van der Waals surface area contributed by atoms with Crippen LogP contribution in [0.15, 0.2) is 16.5 Å². The van der Waals surface area contributed by atoms with Crippen LogP contribution < -0.4 is 5.32 Å². The molecule has 3 unspecified atom stereocenters. The summed E-state index contributed by atoms with van der Waals surface area (Å²) in [6, 6.07) is 3.90. The molecule has 18 heavy (non-hydrogen) atoms. The van der Waals surface area contributed by atoms with Gasteiger partial charge in [-0.1, -0.05) is 11.6 Å². The van der Waals surface area contributed by atoms with E-state index in [0.29, 0.717) is 35.0 Å². The molecule has 2 aliphatic rings. The van der Waals surface area contributed by atoms with E-state index >= 15 is 0 Å². The second-order valence-electron chi connectivity index (χ2n) is 5.18. The van der Waals surface area contributed by atoms with E-state index in [1.807, 2.05) is 0 Å². The Morgan fingerprint density at radius 2 is 2.28 bits per heavy atom. The van der Waals surface area contributed by atoms with Crippen molar-refractivity contribution in [1.29, 1.82) is 0 Å². The molecule has 2 fully saturated rings. The van der Waals surface area contributed by atoms with Crippen LogP contribution in [0.2, 0.25) is 5.02 Å². The van der Waals surface area contributed by atoms with Crippen molar-refractivity contribution in [2.24, 2.45) is 0 Å². The second-order valence-corrected chi connectivity index (χ2v) is 5.58. The van der Waals surface area contributed by atoms with Gasteiger partial charge in [0.2, 0.25) is 0 Å². The van der Waals surface area contributed by atoms with E-state index < -0.39 is 5.82 Å². The molecule has 5 heteroatoms. The third-order valence-corrected chi connectivity index (χ3v) is 4.35. The Hall–Kier alpha value is -1.13. The summed E-state index contributed by atoms with van der Waals surface area (Å²) in [6.07, 6.45) is 3.47. The van der Waals surface area contributed by atoms with Gasteiger partial charge in [0.15, 0.2) is 11.5 Å². The lowest BCUT2D eigenvalue weighted by atomic mass is 9.89. The molecule has 2 saturated heterocycles. The molecule has 3 heterocycles. The molecular formula is C13H12ClFN2O. The van der Waals surface area contributed by atoms with Crippen molar-refractivity contribution in [3.05, 3.63) is 28.9 Å². The summed E-state index contributed by atoms with van der Waals surface area (Å²) in [7, 11) is 0. The van der Waals surface area contributed by atoms with Crippen LogP contribution in [0.1, 0.15) is 31.1 Å². The molecule has 2 aromatic rings. The van der Waals surface area contributed by atoms with Gasteiger partial charge >= 0.3 is 0 Å². The number of rotatable bonds is 1. The highest BCUT2D eigenvalue weighted by Gasteiger charge is 2.42. The minimum absolute atomic E-state index is 0.0911. The van der Waals surface area contributed by atoms with Crippen molar-refractivity contribution >= 4 is 22.7 Å². The third-order valence-electron chi connectivity index (χ3n) is 4.06. The van der Waals surface area contributed by atoms with Gasteiger partial charge in [0, 0.05) is 18.2 Å². The number of benzene rings is 1. The molecule has 2 aliphatic heterocycles. The average Bonchev–Trinajstić information content (AvgIpc) is 3.02. The van der Waals surface area contributed by atoms with Crippen LogP contribution in [0.25, 0.3) is 11.1 Å². The first-order valence-corrected chi connectivity index (χ1v) is 6.60. The van der Waals surface area contributed by atoms with Crippen LogP contribution in [0.4, 0.5) is 4.39 Å². The number of nitrogens with zero attached hydrogens (tertiary/aromatic N) is 1. The summed E-state index contributed by atoms with van der Waals surface area (Å²) in [4.78, 5) is 4.46. The lowest BCUT2D eigenvalue weighted by Crippen LogP contribution is -2.21. The molecule has 3 nitrogen and oxygen atoms in total. The predicted molar refractivity (Wildman–Crippen MR) is 66.3 cm³/mol. The summed E-state index contributed by atoms with van der Waals surface area (Å²) >= 11 is 5.75. The van der Waals surface area contributed by atoms with E-state index in [9.17, 15) is 4.39 Å². The fourth-order valence-electron chi connectivity index (χ4n) is 3.20. The van der Waals surface area contributed by atoms with Crippen LogP contribution in [-0.4, -0.2) is 17.1 Å². The molecule has 0 saturated carbocycles. The first-order chi connectivity index (χ1) is 8.70. The van der Waals surface area contributed by atoms with Gasteiger partial charge in [0.1, 0.15) is 11.3 Å². The highest BCUT2D eigenvalue weighted by molar-refractivity contribution is 6.31. The fourth-order valence-corrected chi connectivity index (χ4v) is 3.36. The van der Waals surface area contributed by atoms with Crippen LogP contribution in [-0.2, 0) is 0 Å². The maximum Gasteiger partial charge on any atom is 0.200 e. The predicted octanol–water partition coefficient (Wildman–Crippen LogP) is 3.23. The number of nitrogens with one attached hydrogen (secondary N) is 1. The van der Waals surface area contributed by atoms with E-state index in [1.54, 1.807) is 0 Å². The second kappa shape index (κ2) is 3.68. The van der Waals surface area contributed by atoms with Crippen LogP contribution in [0.3, 0.4) is 0 Å². The van der Waals surface area contributed by atoms with Gasteiger partial charge in [-0.2, -0.15) is 0 Å². The SMILES string of the molecule is Fc1cc2oc(C3CC4CCC3N4)nc2cc1Cl. The number of hydrogen-bond donors (Lipinski definition) is 1. The Morgan fingerprint density at radius 3 is 3.00 bits per heavy atom. The van der Waals surface area contributed by atoms with Crippen molar-refractivity contribution in [1.82, 2.24) is 10.3 Å². The number of halogens is 2. The Balaban J connectivity index is 1.77. The van der Waals surface area contributed by atoms with Crippen LogP contribution in [0.5, 0.6) is 0 Å². The van der Waals surface area contributed by atoms with Gasteiger partial charge in [0.05, 0.1) is 10.9 Å². The van der Waals surface area contributed by atoms with E-state index in [-0.39, 0.29) is 5.02 Å². The molecular weight excluding hydrogens is 255 g/mol. The summed E-state index contributed by atoms with van der Waals surface area (Å²) in [6.45, 7) is 0. The maximum absolute atomic E-state index is 13.4. The van der Waals surface area contributed by atoms with E-state index in [0.717, 1.165) is 6.42 Å². The summed E-state index contributed by atoms with van der Waals surface area (Å²) in [5.74, 6) is 0.572. The van der Waals surface area contributed by atoms with Crippen molar-refractivity contribution in [3.8, 4) is 0 Å². The third kappa shape index (κ3) is 1.49.